The highest BCUT2D eigenvalue weighted by molar-refractivity contribution is 7.12. The number of thiophene rings is 1. The third-order valence-electron chi connectivity index (χ3n) is 3.72. The first-order valence-electron chi connectivity index (χ1n) is 7.46. The van der Waals surface area contributed by atoms with Crippen molar-refractivity contribution in [1.29, 1.82) is 0 Å². The largest absolute Gasteiger partial charge is 0.309 e. The van der Waals surface area contributed by atoms with Crippen LogP contribution in [0, 0.1) is 20.8 Å². The molecule has 0 amide bonds. The number of hydrogen-bond donors (Lipinski definition) is 1. The summed E-state index contributed by atoms with van der Waals surface area (Å²) in [6.45, 7) is 9.94. The highest BCUT2D eigenvalue weighted by atomic mass is 32.1. The topological polar surface area (TPSA) is 12.0 Å². The highest BCUT2D eigenvalue weighted by Gasteiger charge is 2.17. The third kappa shape index (κ3) is 3.71. The van der Waals surface area contributed by atoms with E-state index in [9.17, 15) is 0 Å². The van der Waals surface area contributed by atoms with Crippen molar-refractivity contribution < 1.29 is 0 Å². The van der Waals surface area contributed by atoms with Gasteiger partial charge in [-0.2, -0.15) is 0 Å². The van der Waals surface area contributed by atoms with E-state index in [-0.39, 0.29) is 0 Å². The molecule has 2 rings (SSSR count). The lowest BCUT2D eigenvalue weighted by Gasteiger charge is -2.19. The second-order valence-electron chi connectivity index (χ2n) is 5.54. The molecule has 108 valence electrons. The molecule has 1 aromatic heterocycles. The van der Waals surface area contributed by atoms with Crippen LogP contribution in [0.1, 0.15) is 45.8 Å². The predicted molar refractivity (Wildman–Crippen MR) is 89.7 cm³/mol. The Hall–Kier alpha value is -1.12. The number of nitrogens with one attached hydrogen (secondary N) is 1. The molecule has 0 radical (unpaired) electrons. The Bertz CT molecular complexity index is 556. The molecule has 0 fully saturated rings. The van der Waals surface area contributed by atoms with Gasteiger partial charge in [-0.1, -0.05) is 31.2 Å². The molecule has 1 nitrogen and oxygen atoms in total. The van der Waals surface area contributed by atoms with Gasteiger partial charge >= 0.3 is 0 Å². The first kappa shape index (κ1) is 15.3. The van der Waals surface area contributed by atoms with Crippen molar-refractivity contribution >= 4 is 11.3 Å². The van der Waals surface area contributed by atoms with E-state index in [2.05, 4.69) is 63.3 Å². The minimum Gasteiger partial charge on any atom is -0.309 e. The van der Waals surface area contributed by atoms with Crippen LogP contribution < -0.4 is 5.32 Å². The Kier molecular flexibility index (Phi) is 5.38. The molecule has 1 atom stereocenters. The fourth-order valence-corrected chi connectivity index (χ4v) is 3.75. The fourth-order valence-electron chi connectivity index (χ4n) is 2.64. The van der Waals surface area contributed by atoms with E-state index in [1.54, 1.807) is 0 Å². The molecule has 0 bridgehead atoms. The van der Waals surface area contributed by atoms with Gasteiger partial charge in [0.25, 0.3) is 0 Å². The number of aryl methyl sites for hydroxylation is 3. The van der Waals surface area contributed by atoms with Gasteiger partial charge in [0.2, 0.25) is 0 Å². The lowest BCUT2D eigenvalue weighted by Crippen LogP contribution is -2.24. The lowest BCUT2D eigenvalue weighted by atomic mass is 9.99. The van der Waals surface area contributed by atoms with Crippen molar-refractivity contribution in [2.45, 2.75) is 46.6 Å². The molecular weight excluding hydrogens is 262 g/mol. The first-order chi connectivity index (χ1) is 9.61. The maximum atomic E-state index is 3.73. The number of benzene rings is 1. The molecule has 1 aromatic carbocycles. The normalized spacial score (nSPS) is 12.6. The van der Waals surface area contributed by atoms with Crippen LogP contribution in [0.15, 0.2) is 30.3 Å². The molecule has 1 heterocycles. The van der Waals surface area contributed by atoms with Gasteiger partial charge in [0.15, 0.2) is 0 Å². The molecule has 0 aliphatic rings. The highest BCUT2D eigenvalue weighted by Crippen LogP contribution is 2.30. The maximum Gasteiger partial charge on any atom is 0.0458 e. The van der Waals surface area contributed by atoms with Crippen molar-refractivity contribution in [3.63, 3.8) is 0 Å². The molecular formula is C18H25NS. The Morgan fingerprint density at radius 3 is 2.45 bits per heavy atom. The van der Waals surface area contributed by atoms with Gasteiger partial charge < -0.3 is 5.32 Å². The Morgan fingerprint density at radius 2 is 1.85 bits per heavy atom. The average molecular weight is 287 g/mol. The van der Waals surface area contributed by atoms with Gasteiger partial charge in [0, 0.05) is 15.8 Å². The summed E-state index contributed by atoms with van der Waals surface area (Å²) in [6.07, 6.45) is 2.25. The van der Waals surface area contributed by atoms with Gasteiger partial charge in [-0.05, 0) is 62.9 Å². The van der Waals surface area contributed by atoms with E-state index in [0.717, 1.165) is 13.0 Å². The van der Waals surface area contributed by atoms with E-state index in [1.165, 1.54) is 32.9 Å². The van der Waals surface area contributed by atoms with E-state index in [0.29, 0.717) is 6.04 Å². The standard InChI is InChI=1S/C18H25NS/c1-5-10-19-17(18-14(3)11-15(4)20-18)12-16-9-7-6-8-13(16)2/h6-9,11,17,19H,5,10,12H2,1-4H3. The molecule has 1 N–H and O–H groups in total. The third-order valence-corrected chi connectivity index (χ3v) is 4.99. The van der Waals surface area contributed by atoms with Crippen LogP contribution in [0.4, 0.5) is 0 Å². The molecule has 1 unspecified atom stereocenters. The van der Waals surface area contributed by atoms with Crippen LogP contribution in [0.25, 0.3) is 0 Å². The first-order valence-corrected chi connectivity index (χ1v) is 8.28. The second kappa shape index (κ2) is 7.05. The van der Waals surface area contributed by atoms with Crippen molar-refractivity contribution in [3.8, 4) is 0 Å². The summed E-state index contributed by atoms with van der Waals surface area (Å²) in [5.41, 5.74) is 4.27. The van der Waals surface area contributed by atoms with Gasteiger partial charge in [-0.25, -0.2) is 0 Å². The van der Waals surface area contributed by atoms with E-state index in [4.69, 9.17) is 0 Å². The Labute approximate surface area is 127 Å². The summed E-state index contributed by atoms with van der Waals surface area (Å²) in [7, 11) is 0. The fraction of sp³-hybridized carbons (Fsp3) is 0.444. The molecule has 2 aromatic rings. The zero-order valence-corrected chi connectivity index (χ0v) is 13.8. The van der Waals surface area contributed by atoms with Crippen LogP contribution in [-0.2, 0) is 6.42 Å². The molecule has 0 aliphatic heterocycles. The maximum absolute atomic E-state index is 3.73. The summed E-state index contributed by atoms with van der Waals surface area (Å²) >= 11 is 1.94. The van der Waals surface area contributed by atoms with Crippen LogP contribution in [0.5, 0.6) is 0 Å². The van der Waals surface area contributed by atoms with E-state index in [1.807, 2.05) is 11.3 Å². The van der Waals surface area contributed by atoms with Crippen LogP contribution >= 0.6 is 11.3 Å². The van der Waals surface area contributed by atoms with E-state index < -0.39 is 0 Å². The summed E-state index contributed by atoms with van der Waals surface area (Å²) < 4.78 is 0. The van der Waals surface area contributed by atoms with E-state index >= 15 is 0 Å². The smallest absolute Gasteiger partial charge is 0.0458 e. The summed E-state index contributed by atoms with van der Waals surface area (Å²) in [5, 5.41) is 3.73. The quantitative estimate of drug-likeness (QED) is 0.792. The molecule has 0 saturated heterocycles. The number of rotatable bonds is 6. The molecule has 2 heteroatoms. The van der Waals surface area contributed by atoms with Crippen LogP contribution in [0.3, 0.4) is 0 Å². The SMILES string of the molecule is CCCNC(Cc1ccccc1C)c1sc(C)cc1C. The monoisotopic (exact) mass is 287 g/mol. The van der Waals surface area contributed by atoms with Crippen LogP contribution in [-0.4, -0.2) is 6.54 Å². The zero-order chi connectivity index (χ0) is 14.5. The summed E-state index contributed by atoms with van der Waals surface area (Å²) in [6, 6.07) is 11.5. The minimum atomic E-state index is 0.440. The molecule has 0 spiro atoms. The van der Waals surface area contributed by atoms with Crippen molar-refractivity contribution in [2.75, 3.05) is 6.54 Å². The number of hydrogen-bond acceptors (Lipinski definition) is 2. The van der Waals surface area contributed by atoms with Crippen molar-refractivity contribution in [1.82, 2.24) is 5.32 Å². The van der Waals surface area contributed by atoms with Gasteiger partial charge in [0.1, 0.15) is 0 Å². The summed E-state index contributed by atoms with van der Waals surface area (Å²) in [5.74, 6) is 0. The van der Waals surface area contributed by atoms with Gasteiger partial charge in [-0.15, -0.1) is 11.3 Å². The van der Waals surface area contributed by atoms with Gasteiger partial charge in [-0.3, -0.25) is 0 Å². The zero-order valence-electron chi connectivity index (χ0n) is 13.0. The van der Waals surface area contributed by atoms with Crippen LogP contribution in [0.2, 0.25) is 0 Å². The predicted octanol–water partition coefficient (Wildman–Crippen LogP) is 4.96. The Morgan fingerprint density at radius 1 is 1.10 bits per heavy atom. The lowest BCUT2D eigenvalue weighted by molar-refractivity contribution is 0.534. The average Bonchev–Trinajstić information content (AvgIpc) is 2.75. The van der Waals surface area contributed by atoms with Crippen molar-refractivity contribution in [3.05, 3.63) is 56.8 Å². The molecule has 0 saturated carbocycles. The van der Waals surface area contributed by atoms with Gasteiger partial charge in [0.05, 0.1) is 0 Å². The van der Waals surface area contributed by atoms with Crippen molar-refractivity contribution in [2.24, 2.45) is 0 Å². The molecule has 0 aliphatic carbocycles. The molecule has 20 heavy (non-hydrogen) atoms. The second-order valence-corrected chi connectivity index (χ2v) is 6.83. The minimum absolute atomic E-state index is 0.440. The Balaban J connectivity index is 2.24. The summed E-state index contributed by atoms with van der Waals surface area (Å²) in [4.78, 5) is 2.91.